The Morgan fingerprint density at radius 2 is 1.79 bits per heavy atom. The van der Waals surface area contributed by atoms with E-state index in [2.05, 4.69) is 4.90 Å². The monoisotopic (exact) mass is 398 g/mol. The fourth-order valence-electron chi connectivity index (χ4n) is 4.03. The Kier molecular flexibility index (Phi) is 6.86. The molecule has 0 aliphatic carbocycles. The first-order valence-corrected chi connectivity index (χ1v) is 9.97. The van der Waals surface area contributed by atoms with Crippen molar-refractivity contribution in [3.63, 3.8) is 0 Å². The maximum atomic E-state index is 13.2. The molecule has 2 aromatic carbocycles. The SMILES string of the molecule is CN(CC[C@H]1CN(C(=O)c2ccc(F)cc2)CC[C@H]1CC(=O)O)c1ccccc1. The van der Waals surface area contributed by atoms with Gasteiger partial charge in [0.1, 0.15) is 5.82 Å². The number of benzene rings is 2. The van der Waals surface area contributed by atoms with E-state index >= 15 is 0 Å². The van der Waals surface area contributed by atoms with Crippen molar-refractivity contribution in [1.29, 1.82) is 0 Å². The molecule has 0 saturated carbocycles. The highest BCUT2D eigenvalue weighted by atomic mass is 19.1. The molecular weight excluding hydrogens is 371 g/mol. The molecule has 5 nitrogen and oxygen atoms in total. The van der Waals surface area contributed by atoms with Crippen LogP contribution in [0.25, 0.3) is 0 Å². The van der Waals surface area contributed by atoms with Gasteiger partial charge in [0.25, 0.3) is 5.91 Å². The van der Waals surface area contributed by atoms with Crippen LogP contribution in [0.1, 0.15) is 29.6 Å². The molecular formula is C23H27FN2O3. The summed E-state index contributed by atoms with van der Waals surface area (Å²) in [5, 5.41) is 9.29. The highest BCUT2D eigenvalue weighted by Crippen LogP contribution is 2.30. The van der Waals surface area contributed by atoms with Crippen LogP contribution >= 0.6 is 0 Å². The summed E-state index contributed by atoms with van der Waals surface area (Å²) in [5.41, 5.74) is 1.57. The van der Waals surface area contributed by atoms with E-state index in [1.807, 2.05) is 37.4 Å². The number of carboxylic acid groups (broad SMARTS) is 1. The van der Waals surface area contributed by atoms with Crippen molar-refractivity contribution in [2.45, 2.75) is 19.3 Å². The minimum absolute atomic E-state index is 0.0499. The molecule has 29 heavy (non-hydrogen) atoms. The zero-order valence-electron chi connectivity index (χ0n) is 16.6. The zero-order chi connectivity index (χ0) is 20.8. The van der Waals surface area contributed by atoms with E-state index in [9.17, 15) is 19.1 Å². The molecule has 1 saturated heterocycles. The predicted molar refractivity (Wildman–Crippen MR) is 110 cm³/mol. The second-order valence-corrected chi connectivity index (χ2v) is 7.71. The van der Waals surface area contributed by atoms with Gasteiger partial charge in [0.2, 0.25) is 0 Å². The van der Waals surface area contributed by atoms with E-state index < -0.39 is 5.97 Å². The van der Waals surface area contributed by atoms with Crippen LogP contribution in [0, 0.1) is 17.7 Å². The third-order valence-electron chi connectivity index (χ3n) is 5.74. The minimum atomic E-state index is -0.797. The van der Waals surface area contributed by atoms with Crippen molar-refractivity contribution in [3.05, 3.63) is 66.0 Å². The molecule has 0 unspecified atom stereocenters. The lowest BCUT2D eigenvalue weighted by Gasteiger charge is -2.39. The van der Waals surface area contributed by atoms with Crippen molar-refractivity contribution in [2.75, 3.05) is 31.6 Å². The zero-order valence-corrected chi connectivity index (χ0v) is 16.6. The van der Waals surface area contributed by atoms with Crippen LogP contribution in [0.3, 0.4) is 0 Å². The van der Waals surface area contributed by atoms with Gasteiger partial charge in [-0.05, 0) is 61.1 Å². The second kappa shape index (κ2) is 9.54. The Balaban J connectivity index is 1.67. The second-order valence-electron chi connectivity index (χ2n) is 7.71. The van der Waals surface area contributed by atoms with Gasteiger partial charge in [-0.3, -0.25) is 9.59 Å². The molecule has 2 atom stereocenters. The van der Waals surface area contributed by atoms with E-state index in [0.29, 0.717) is 25.1 Å². The van der Waals surface area contributed by atoms with Crippen LogP contribution in [0.4, 0.5) is 10.1 Å². The quantitative estimate of drug-likeness (QED) is 0.768. The fourth-order valence-corrected chi connectivity index (χ4v) is 4.03. The lowest BCUT2D eigenvalue weighted by atomic mass is 9.81. The van der Waals surface area contributed by atoms with E-state index in [1.54, 1.807) is 4.90 Å². The lowest BCUT2D eigenvalue weighted by molar-refractivity contribution is -0.139. The number of rotatable bonds is 7. The standard InChI is InChI=1S/C23H27FN2O3/c1-25(21-5-3-2-4-6-21)13-11-19-16-26(14-12-18(19)15-22(27)28)23(29)17-7-9-20(24)10-8-17/h2-10,18-19H,11-16H2,1H3,(H,27,28)/t18-,19-/m0/s1. The van der Waals surface area contributed by atoms with Gasteiger partial charge < -0.3 is 14.9 Å². The number of carboxylic acids is 1. The van der Waals surface area contributed by atoms with Gasteiger partial charge in [0.15, 0.2) is 0 Å². The molecule has 1 aliphatic heterocycles. The van der Waals surface area contributed by atoms with Crippen LogP contribution in [-0.2, 0) is 4.79 Å². The van der Waals surface area contributed by atoms with Crippen molar-refractivity contribution in [2.24, 2.45) is 11.8 Å². The van der Waals surface area contributed by atoms with Gasteiger partial charge in [-0.2, -0.15) is 0 Å². The highest BCUT2D eigenvalue weighted by molar-refractivity contribution is 5.94. The number of hydrogen-bond donors (Lipinski definition) is 1. The summed E-state index contributed by atoms with van der Waals surface area (Å²) in [6.07, 6.45) is 1.59. The molecule has 154 valence electrons. The smallest absolute Gasteiger partial charge is 0.303 e. The van der Waals surface area contributed by atoms with Crippen LogP contribution in [0.2, 0.25) is 0 Å². The summed E-state index contributed by atoms with van der Waals surface area (Å²) in [7, 11) is 2.02. The molecule has 1 fully saturated rings. The number of piperidine rings is 1. The number of anilines is 1. The summed E-state index contributed by atoms with van der Waals surface area (Å²) in [5.74, 6) is -1.14. The van der Waals surface area contributed by atoms with E-state index in [0.717, 1.165) is 18.7 Å². The first kappa shape index (κ1) is 20.8. The molecule has 0 radical (unpaired) electrons. The Bertz CT molecular complexity index is 826. The maximum absolute atomic E-state index is 13.2. The summed E-state index contributed by atoms with van der Waals surface area (Å²) in [6, 6.07) is 15.6. The number of nitrogens with zero attached hydrogens (tertiary/aromatic N) is 2. The van der Waals surface area contributed by atoms with E-state index in [4.69, 9.17) is 0 Å². The largest absolute Gasteiger partial charge is 0.481 e. The Morgan fingerprint density at radius 1 is 1.10 bits per heavy atom. The van der Waals surface area contributed by atoms with E-state index in [1.165, 1.54) is 24.3 Å². The number of likely N-dealkylation sites (tertiary alicyclic amines) is 1. The van der Waals surface area contributed by atoms with Crippen molar-refractivity contribution >= 4 is 17.6 Å². The van der Waals surface area contributed by atoms with Crippen LogP contribution in [-0.4, -0.2) is 48.6 Å². The van der Waals surface area contributed by atoms with Gasteiger partial charge in [0.05, 0.1) is 0 Å². The van der Waals surface area contributed by atoms with Gasteiger partial charge in [-0.25, -0.2) is 4.39 Å². The summed E-state index contributed by atoms with van der Waals surface area (Å²) in [4.78, 5) is 28.1. The van der Waals surface area contributed by atoms with Crippen LogP contribution in [0.5, 0.6) is 0 Å². The van der Waals surface area contributed by atoms with Crippen molar-refractivity contribution in [3.8, 4) is 0 Å². The molecule has 1 heterocycles. The fraction of sp³-hybridized carbons (Fsp3) is 0.391. The predicted octanol–water partition coefficient (Wildman–Crippen LogP) is 3.91. The molecule has 1 aliphatic rings. The maximum Gasteiger partial charge on any atom is 0.303 e. The summed E-state index contributed by atoms with van der Waals surface area (Å²) >= 11 is 0. The number of hydrogen-bond acceptors (Lipinski definition) is 3. The lowest BCUT2D eigenvalue weighted by Crippen LogP contribution is -2.45. The number of halogens is 1. The summed E-state index contributed by atoms with van der Waals surface area (Å²) < 4.78 is 13.2. The number of aliphatic carboxylic acids is 1. The average molecular weight is 398 g/mol. The number of carbonyl (C=O) groups excluding carboxylic acids is 1. The van der Waals surface area contributed by atoms with Gasteiger partial charge in [0, 0.05) is 44.4 Å². The molecule has 3 rings (SSSR count). The van der Waals surface area contributed by atoms with Gasteiger partial charge >= 0.3 is 5.97 Å². The molecule has 6 heteroatoms. The summed E-state index contributed by atoms with van der Waals surface area (Å²) in [6.45, 7) is 1.83. The number of carbonyl (C=O) groups is 2. The van der Waals surface area contributed by atoms with Gasteiger partial charge in [-0.15, -0.1) is 0 Å². The topological polar surface area (TPSA) is 60.9 Å². The van der Waals surface area contributed by atoms with Crippen LogP contribution in [0.15, 0.2) is 54.6 Å². The van der Waals surface area contributed by atoms with Crippen LogP contribution < -0.4 is 4.90 Å². The third-order valence-corrected chi connectivity index (χ3v) is 5.74. The van der Waals surface area contributed by atoms with Crippen molar-refractivity contribution < 1.29 is 19.1 Å². The molecule has 1 amide bonds. The molecule has 0 aromatic heterocycles. The Labute approximate surface area is 170 Å². The Morgan fingerprint density at radius 3 is 2.45 bits per heavy atom. The molecule has 2 aromatic rings. The first-order chi connectivity index (χ1) is 13.9. The molecule has 0 spiro atoms. The third kappa shape index (κ3) is 5.56. The van der Waals surface area contributed by atoms with Crippen molar-refractivity contribution in [1.82, 2.24) is 4.90 Å². The average Bonchev–Trinajstić information content (AvgIpc) is 2.73. The number of amides is 1. The number of para-hydroxylation sites is 1. The van der Waals surface area contributed by atoms with E-state index in [-0.39, 0.29) is 30.0 Å². The Hall–Kier alpha value is -2.89. The van der Waals surface area contributed by atoms with Gasteiger partial charge in [-0.1, -0.05) is 18.2 Å². The molecule has 0 bridgehead atoms. The first-order valence-electron chi connectivity index (χ1n) is 9.97. The normalized spacial score (nSPS) is 19.0. The molecule has 1 N–H and O–H groups in total. The highest BCUT2D eigenvalue weighted by Gasteiger charge is 2.33. The minimum Gasteiger partial charge on any atom is -0.481 e.